The van der Waals surface area contributed by atoms with Crippen LogP contribution < -0.4 is 0 Å². The topological polar surface area (TPSA) is 63.3 Å². The summed E-state index contributed by atoms with van der Waals surface area (Å²) in [6.07, 6.45) is 6.78. The third kappa shape index (κ3) is 2.97. The highest BCUT2D eigenvalue weighted by Crippen LogP contribution is 2.16. The van der Waals surface area contributed by atoms with E-state index in [1.54, 1.807) is 6.92 Å². The van der Waals surface area contributed by atoms with Crippen molar-refractivity contribution < 1.29 is 14.3 Å². The van der Waals surface area contributed by atoms with Crippen LogP contribution in [0.25, 0.3) is 17.2 Å². The fourth-order valence-corrected chi connectivity index (χ4v) is 1.66. The summed E-state index contributed by atoms with van der Waals surface area (Å²) in [6, 6.07) is 5.78. The number of hydrogen-bond acceptors (Lipinski definition) is 3. The maximum Gasteiger partial charge on any atom is 0.306 e. The van der Waals surface area contributed by atoms with Crippen molar-refractivity contribution >= 4 is 23.1 Å². The Labute approximate surface area is 105 Å². The largest absolute Gasteiger partial charge is 0.481 e. The van der Waals surface area contributed by atoms with E-state index in [2.05, 4.69) is 4.98 Å². The van der Waals surface area contributed by atoms with Crippen LogP contribution in [-0.2, 0) is 4.79 Å². The molecule has 1 aromatic carbocycles. The lowest BCUT2D eigenvalue weighted by Crippen LogP contribution is -2.08. The molecule has 2 aromatic rings. The van der Waals surface area contributed by atoms with Crippen LogP contribution in [0.2, 0.25) is 0 Å². The fraction of sp³-hybridized carbons (Fsp3) is 0.286. The highest BCUT2D eigenvalue weighted by atomic mass is 16.4. The minimum atomic E-state index is -0.744. The molecule has 0 fully saturated rings. The monoisotopic (exact) mass is 245 g/mol. The van der Waals surface area contributed by atoms with Gasteiger partial charge in [-0.15, -0.1) is 0 Å². The zero-order chi connectivity index (χ0) is 13.0. The van der Waals surface area contributed by atoms with Crippen molar-refractivity contribution in [2.45, 2.75) is 19.8 Å². The van der Waals surface area contributed by atoms with Crippen LogP contribution in [0.15, 0.2) is 35.1 Å². The first-order valence-electron chi connectivity index (χ1n) is 5.89. The summed E-state index contributed by atoms with van der Waals surface area (Å²) in [5.41, 5.74) is 2.63. The summed E-state index contributed by atoms with van der Waals surface area (Å²) >= 11 is 0. The Morgan fingerprint density at radius 2 is 2.39 bits per heavy atom. The van der Waals surface area contributed by atoms with Crippen LogP contribution in [-0.4, -0.2) is 16.1 Å². The van der Waals surface area contributed by atoms with E-state index in [4.69, 9.17) is 9.52 Å². The lowest BCUT2D eigenvalue weighted by Gasteiger charge is -2.01. The first-order chi connectivity index (χ1) is 8.66. The Bertz CT molecular complexity index is 571. The molecular weight excluding hydrogens is 230 g/mol. The molecule has 0 aliphatic heterocycles. The van der Waals surface area contributed by atoms with E-state index >= 15 is 0 Å². The smallest absolute Gasteiger partial charge is 0.306 e. The van der Waals surface area contributed by atoms with Gasteiger partial charge in [-0.2, -0.15) is 0 Å². The number of benzene rings is 1. The van der Waals surface area contributed by atoms with Gasteiger partial charge in [0, 0.05) is 0 Å². The van der Waals surface area contributed by atoms with Gasteiger partial charge < -0.3 is 9.52 Å². The van der Waals surface area contributed by atoms with Gasteiger partial charge in [-0.05, 0) is 30.5 Å². The van der Waals surface area contributed by atoms with Crippen LogP contribution in [0, 0.1) is 5.92 Å². The van der Waals surface area contributed by atoms with Gasteiger partial charge in [-0.25, -0.2) is 4.98 Å². The highest BCUT2D eigenvalue weighted by molar-refractivity contribution is 5.75. The van der Waals surface area contributed by atoms with Gasteiger partial charge in [-0.3, -0.25) is 4.79 Å². The van der Waals surface area contributed by atoms with Crippen molar-refractivity contribution in [2.75, 3.05) is 0 Å². The lowest BCUT2D eigenvalue weighted by molar-refractivity contribution is -0.141. The second-order valence-electron chi connectivity index (χ2n) is 4.30. The molecule has 0 aliphatic rings. The molecule has 94 valence electrons. The Balaban J connectivity index is 1.94. The minimum Gasteiger partial charge on any atom is -0.481 e. The average molecular weight is 245 g/mol. The lowest BCUT2D eigenvalue weighted by atomic mass is 10.1. The van der Waals surface area contributed by atoms with Gasteiger partial charge in [0.25, 0.3) is 0 Å². The van der Waals surface area contributed by atoms with E-state index in [0.29, 0.717) is 6.42 Å². The van der Waals surface area contributed by atoms with Crippen molar-refractivity contribution in [2.24, 2.45) is 5.92 Å². The molecule has 0 aliphatic carbocycles. The van der Waals surface area contributed by atoms with Crippen LogP contribution >= 0.6 is 0 Å². The molecule has 2 rings (SSSR count). The third-order valence-corrected chi connectivity index (χ3v) is 2.85. The SMILES string of the molecule is CC(CC/C=C/c1ccc2ncoc2c1)C(=O)O. The van der Waals surface area contributed by atoms with E-state index < -0.39 is 5.97 Å². The molecule has 4 heteroatoms. The molecule has 0 saturated heterocycles. The predicted molar refractivity (Wildman–Crippen MR) is 69.1 cm³/mol. The van der Waals surface area contributed by atoms with Gasteiger partial charge in [0.05, 0.1) is 5.92 Å². The number of allylic oxidation sites excluding steroid dienone is 1. The third-order valence-electron chi connectivity index (χ3n) is 2.85. The van der Waals surface area contributed by atoms with Crippen molar-refractivity contribution in [1.29, 1.82) is 0 Å². The molecule has 0 bridgehead atoms. The fourth-order valence-electron chi connectivity index (χ4n) is 1.66. The average Bonchev–Trinajstić information content (AvgIpc) is 2.81. The molecule has 0 saturated carbocycles. The van der Waals surface area contributed by atoms with Crippen molar-refractivity contribution in [3.8, 4) is 0 Å². The molecule has 1 heterocycles. The van der Waals surface area contributed by atoms with E-state index in [1.807, 2.05) is 30.4 Å². The van der Waals surface area contributed by atoms with Crippen LogP contribution in [0.4, 0.5) is 0 Å². The molecular formula is C14H15NO3. The van der Waals surface area contributed by atoms with Gasteiger partial charge >= 0.3 is 5.97 Å². The first kappa shape index (κ1) is 12.4. The molecule has 0 radical (unpaired) electrons. The van der Waals surface area contributed by atoms with Crippen LogP contribution in [0.3, 0.4) is 0 Å². The molecule has 0 spiro atoms. The van der Waals surface area contributed by atoms with Crippen molar-refractivity contribution in [3.63, 3.8) is 0 Å². The standard InChI is InChI=1S/C14H15NO3/c1-10(14(16)17)4-2-3-5-11-6-7-12-13(8-11)18-9-15-12/h3,5-10H,2,4H2,1H3,(H,16,17)/b5-3+. The predicted octanol–water partition coefficient (Wildman–Crippen LogP) is 3.34. The Kier molecular flexibility index (Phi) is 3.77. The number of rotatable bonds is 5. The quantitative estimate of drug-likeness (QED) is 0.877. The summed E-state index contributed by atoms with van der Waals surface area (Å²) in [5.74, 6) is -1.04. The second kappa shape index (κ2) is 5.49. The number of oxazole rings is 1. The molecule has 1 unspecified atom stereocenters. The van der Waals surface area contributed by atoms with Gasteiger partial charge in [0.2, 0.25) is 0 Å². The van der Waals surface area contributed by atoms with Crippen LogP contribution in [0.1, 0.15) is 25.3 Å². The molecule has 18 heavy (non-hydrogen) atoms. The zero-order valence-electron chi connectivity index (χ0n) is 10.2. The summed E-state index contributed by atoms with van der Waals surface area (Å²) in [4.78, 5) is 14.7. The van der Waals surface area contributed by atoms with Crippen molar-refractivity contribution in [1.82, 2.24) is 4.98 Å². The Morgan fingerprint density at radius 1 is 1.56 bits per heavy atom. The second-order valence-corrected chi connectivity index (χ2v) is 4.30. The first-order valence-corrected chi connectivity index (χ1v) is 5.89. The number of hydrogen-bond donors (Lipinski definition) is 1. The number of fused-ring (bicyclic) bond motifs is 1. The molecule has 4 nitrogen and oxygen atoms in total. The number of carboxylic acid groups (broad SMARTS) is 1. The Morgan fingerprint density at radius 3 is 3.17 bits per heavy atom. The van der Waals surface area contributed by atoms with E-state index in [0.717, 1.165) is 23.1 Å². The van der Waals surface area contributed by atoms with E-state index in [1.165, 1.54) is 6.39 Å². The number of carbonyl (C=O) groups is 1. The summed E-state index contributed by atoms with van der Waals surface area (Å²) in [6.45, 7) is 1.72. The minimum absolute atomic E-state index is 0.300. The van der Waals surface area contributed by atoms with Gasteiger partial charge in [0.1, 0.15) is 5.52 Å². The zero-order valence-corrected chi connectivity index (χ0v) is 10.2. The molecule has 1 atom stereocenters. The van der Waals surface area contributed by atoms with Crippen LogP contribution in [0.5, 0.6) is 0 Å². The maximum atomic E-state index is 10.6. The Hall–Kier alpha value is -2.10. The van der Waals surface area contributed by atoms with Crippen molar-refractivity contribution in [3.05, 3.63) is 36.2 Å². The van der Waals surface area contributed by atoms with Gasteiger partial charge in [0.15, 0.2) is 12.0 Å². The molecule has 1 N–H and O–H groups in total. The number of nitrogens with zero attached hydrogens (tertiary/aromatic N) is 1. The molecule has 1 aromatic heterocycles. The number of carboxylic acids is 1. The summed E-state index contributed by atoms with van der Waals surface area (Å²) < 4.78 is 5.21. The van der Waals surface area contributed by atoms with E-state index in [-0.39, 0.29) is 5.92 Å². The van der Waals surface area contributed by atoms with Gasteiger partial charge in [-0.1, -0.05) is 25.1 Å². The summed E-state index contributed by atoms with van der Waals surface area (Å²) in [7, 11) is 0. The normalized spacial score (nSPS) is 13.2. The number of aromatic nitrogens is 1. The molecule has 0 amide bonds. The van der Waals surface area contributed by atoms with E-state index in [9.17, 15) is 4.79 Å². The highest BCUT2D eigenvalue weighted by Gasteiger charge is 2.08. The summed E-state index contributed by atoms with van der Waals surface area (Å²) in [5, 5.41) is 8.75. The maximum absolute atomic E-state index is 10.6. The number of aliphatic carboxylic acids is 1.